The van der Waals surface area contributed by atoms with Crippen molar-refractivity contribution < 1.29 is 41.4 Å². The molecule has 4 aromatic carbocycles. The van der Waals surface area contributed by atoms with Gasteiger partial charge < -0.3 is 28.4 Å². The van der Waals surface area contributed by atoms with Gasteiger partial charge in [-0.3, -0.25) is 4.55 Å². The summed E-state index contributed by atoms with van der Waals surface area (Å²) < 4.78 is 62.7. The van der Waals surface area contributed by atoms with E-state index in [1.165, 1.54) is 30.9 Å². The van der Waals surface area contributed by atoms with E-state index in [4.69, 9.17) is 33.0 Å². The van der Waals surface area contributed by atoms with Crippen molar-refractivity contribution in [3.8, 4) is 39.5 Å². The molecule has 0 atom stereocenters. The second kappa shape index (κ2) is 21.3. The van der Waals surface area contributed by atoms with E-state index in [-0.39, 0.29) is 18.4 Å². The van der Waals surface area contributed by atoms with Gasteiger partial charge in [-0.15, -0.1) is 0 Å². The van der Waals surface area contributed by atoms with Gasteiger partial charge in [0.15, 0.2) is 0 Å². The van der Waals surface area contributed by atoms with Crippen LogP contribution in [-0.2, 0) is 24.3 Å². The first-order valence-corrected chi connectivity index (χ1v) is 17.0. The lowest BCUT2D eigenvalue weighted by atomic mass is 9.88. The van der Waals surface area contributed by atoms with Crippen LogP contribution in [0.4, 0.5) is 0 Å². The average molecular weight is 723 g/mol. The molecular formula is C39H46O9S2. The molecule has 0 fully saturated rings. The molecule has 50 heavy (non-hydrogen) atoms. The van der Waals surface area contributed by atoms with E-state index in [9.17, 15) is 8.42 Å². The van der Waals surface area contributed by atoms with Crippen molar-refractivity contribution in [1.82, 2.24) is 0 Å². The third-order valence-electron chi connectivity index (χ3n) is 7.07. The molecule has 4 rings (SSSR count). The smallest absolute Gasteiger partial charge is 0.294 e. The first kappa shape index (κ1) is 41.3. The summed E-state index contributed by atoms with van der Waals surface area (Å²) >= 11 is 0. The van der Waals surface area contributed by atoms with Gasteiger partial charge in [0.05, 0.1) is 23.7 Å². The molecule has 0 aliphatic rings. The number of benzene rings is 4. The summed E-state index contributed by atoms with van der Waals surface area (Å²) in [7, 11) is -4.02. The Balaban J connectivity index is 0.000000615. The highest BCUT2D eigenvalue weighted by atomic mass is 32.2. The maximum atomic E-state index is 10.5. The minimum Gasteiger partial charge on any atom is -0.498 e. The minimum absolute atomic E-state index is 0. The topological polar surface area (TPSA) is 110 Å². The van der Waals surface area contributed by atoms with E-state index >= 15 is 0 Å². The van der Waals surface area contributed by atoms with Crippen LogP contribution in [0.25, 0.3) is 22.3 Å². The van der Waals surface area contributed by atoms with Gasteiger partial charge in [0.2, 0.25) is 0 Å². The van der Waals surface area contributed by atoms with Crippen molar-refractivity contribution in [3.05, 3.63) is 134 Å². The second-order valence-corrected chi connectivity index (χ2v) is 12.0. The van der Waals surface area contributed by atoms with Crippen molar-refractivity contribution in [2.75, 3.05) is 39.6 Å². The molecule has 9 nitrogen and oxygen atoms in total. The molecular weight excluding hydrogens is 677 g/mol. The van der Waals surface area contributed by atoms with Gasteiger partial charge in [-0.25, -0.2) is 0 Å². The normalized spacial score (nSPS) is 10.3. The zero-order valence-electron chi connectivity index (χ0n) is 28.7. The lowest BCUT2D eigenvalue weighted by Crippen LogP contribution is -2.07. The maximum absolute atomic E-state index is 10.5. The highest BCUT2D eigenvalue weighted by Gasteiger charge is 2.18. The number of rotatable bonds is 18. The molecule has 0 aliphatic heterocycles. The van der Waals surface area contributed by atoms with Gasteiger partial charge in [0.1, 0.15) is 56.9 Å². The number of hydrogen-bond acceptors (Lipinski definition) is 8. The van der Waals surface area contributed by atoms with E-state index in [0.717, 1.165) is 56.2 Å². The molecule has 0 unspecified atom stereocenters. The van der Waals surface area contributed by atoms with Crippen LogP contribution in [0.3, 0.4) is 0 Å². The highest BCUT2D eigenvalue weighted by Crippen LogP contribution is 2.42. The van der Waals surface area contributed by atoms with E-state index in [1.807, 2.05) is 31.2 Å². The number of aryl methyl sites for hydroxylation is 2. The monoisotopic (exact) mass is 722 g/mol. The van der Waals surface area contributed by atoms with Crippen LogP contribution < -0.4 is 14.2 Å². The lowest BCUT2D eigenvalue weighted by Gasteiger charge is -2.20. The Kier molecular flexibility index (Phi) is 17.6. The predicted molar refractivity (Wildman–Crippen MR) is 203 cm³/mol. The van der Waals surface area contributed by atoms with Crippen LogP contribution in [-0.4, -0.2) is 52.6 Å². The van der Waals surface area contributed by atoms with Crippen LogP contribution >= 0.6 is 13.5 Å². The molecule has 0 bridgehead atoms. The van der Waals surface area contributed by atoms with Gasteiger partial charge in [0.25, 0.3) is 10.1 Å². The number of ether oxygens (including phenoxy) is 6. The fraction of sp³-hybridized carbons (Fsp3) is 0.231. The fourth-order valence-electron chi connectivity index (χ4n) is 4.80. The molecule has 1 N–H and O–H groups in total. The molecule has 0 saturated carbocycles. The predicted octanol–water partition coefficient (Wildman–Crippen LogP) is 8.61. The van der Waals surface area contributed by atoms with Crippen molar-refractivity contribution in [1.29, 1.82) is 0 Å². The average Bonchev–Trinajstić information content (AvgIpc) is 3.09. The molecule has 0 aromatic heterocycles. The third-order valence-corrected chi connectivity index (χ3v) is 7.94. The maximum Gasteiger partial charge on any atom is 0.294 e. The van der Waals surface area contributed by atoms with Crippen LogP contribution in [0, 0.1) is 20.8 Å². The Labute approximate surface area is 303 Å². The summed E-state index contributed by atoms with van der Waals surface area (Å²) in [6.07, 6.45) is 4.24. The Morgan fingerprint density at radius 1 is 0.620 bits per heavy atom. The summed E-state index contributed by atoms with van der Waals surface area (Å²) in [6.45, 7) is 19.3. The SMILES string of the molecule is C=COCCOc1ccc(-c2cc(C)c(OCCOC=C)c(C)c2-c2ccc(OCCOC=C)cc2)cc1.Cc1ccc(S(=O)(=O)O)cc1.S. The van der Waals surface area contributed by atoms with Gasteiger partial charge in [0, 0.05) is 0 Å². The molecule has 0 spiro atoms. The number of hydrogen-bond donors (Lipinski definition) is 1. The van der Waals surface area contributed by atoms with E-state index < -0.39 is 10.1 Å². The summed E-state index contributed by atoms with van der Waals surface area (Å²) in [6, 6.07) is 24.3. The Bertz CT molecular complexity index is 1750. The largest absolute Gasteiger partial charge is 0.498 e. The molecule has 11 heteroatoms. The van der Waals surface area contributed by atoms with Crippen LogP contribution in [0.1, 0.15) is 16.7 Å². The van der Waals surface area contributed by atoms with Crippen LogP contribution in [0.15, 0.2) is 122 Å². The first-order valence-electron chi connectivity index (χ1n) is 15.5. The Morgan fingerprint density at radius 3 is 1.50 bits per heavy atom. The van der Waals surface area contributed by atoms with E-state index in [2.05, 4.69) is 63.9 Å². The Morgan fingerprint density at radius 2 is 1.06 bits per heavy atom. The standard InChI is InChI=1S/C32H36O6.C7H8O3S.H2S/c1-6-33-17-20-36-28-13-9-26(10-14-28)30-23-24(4)32(38-22-19-35-8-3)25(5)31(30)27-11-15-29(16-12-27)37-21-18-34-7-2;1-6-2-4-7(5-3-6)11(8,9)10;/h6-16,23H,1-3,17-22H2,4-5H3;2-5H,1H3,(H,8,9,10);1H2. The molecule has 0 amide bonds. The molecule has 268 valence electrons. The minimum atomic E-state index is -4.02. The molecule has 0 radical (unpaired) electrons. The summed E-state index contributed by atoms with van der Waals surface area (Å²) in [5.41, 5.74) is 7.37. The zero-order chi connectivity index (χ0) is 35.6. The van der Waals surface area contributed by atoms with Gasteiger partial charge >= 0.3 is 0 Å². The lowest BCUT2D eigenvalue weighted by molar-refractivity contribution is 0.178. The van der Waals surface area contributed by atoms with Crippen molar-refractivity contribution in [2.24, 2.45) is 0 Å². The fourth-order valence-corrected chi connectivity index (χ4v) is 5.28. The van der Waals surface area contributed by atoms with Gasteiger partial charge in [-0.1, -0.05) is 61.7 Å². The molecule has 0 heterocycles. The molecule has 0 aliphatic carbocycles. The zero-order valence-corrected chi connectivity index (χ0v) is 30.5. The highest BCUT2D eigenvalue weighted by molar-refractivity contribution is 7.85. The van der Waals surface area contributed by atoms with Crippen LogP contribution in [0.2, 0.25) is 0 Å². The first-order chi connectivity index (χ1) is 23.6. The van der Waals surface area contributed by atoms with Gasteiger partial charge in [-0.05, 0) is 96.6 Å². The van der Waals surface area contributed by atoms with E-state index in [1.54, 1.807) is 12.1 Å². The molecule has 0 saturated heterocycles. The Hall–Kier alpha value is -4.84. The summed E-state index contributed by atoms with van der Waals surface area (Å²) in [5, 5.41) is 0. The third kappa shape index (κ3) is 12.9. The quantitative estimate of drug-likeness (QED) is 0.0613. The van der Waals surface area contributed by atoms with Crippen LogP contribution in [0.5, 0.6) is 17.2 Å². The van der Waals surface area contributed by atoms with E-state index in [0.29, 0.717) is 39.6 Å². The second-order valence-electron chi connectivity index (χ2n) is 10.6. The van der Waals surface area contributed by atoms with Crippen molar-refractivity contribution in [2.45, 2.75) is 25.7 Å². The molecule has 4 aromatic rings. The van der Waals surface area contributed by atoms with Crippen molar-refractivity contribution in [3.63, 3.8) is 0 Å². The van der Waals surface area contributed by atoms with Gasteiger partial charge in [-0.2, -0.15) is 21.9 Å². The van der Waals surface area contributed by atoms with Crippen molar-refractivity contribution >= 4 is 23.6 Å². The summed E-state index contributed by atoms with van der Waals surface area (Å²) in [4.78, 5) is -0.0666. The summed E-state index contributed by atoms with van der Waals surface area (Å²) in [5.74, 6) is 2.40.